The van der Waals surface area contributed by atoms with Crippen LogP contribution < -0.4 is 0 Å². The fourth-order valence-electron chi connectivity index (χ4n) is 3.26. The van der Waals surface area contributed by atoms with E-state index < -0.39 is 0 Å². The lowest BCUT2D eigenvalue weighted by atomic mass is 9.63. The van der Waals surface area contributed by atoms with Gasteiger partial charge < -0.3 is 9.80 Å². The zero-order valence-electron chi connectivity index (χ0n) is 10.1. The Morgan fingerprint density at radius 1 is 1.36 bits per heavy atom. The highest BCUT2D eigenvalue weighted by Gasteiger charge is 2.51. The van der Waals surface area contributed by atoms with E-state index in [4.69, 9.17) is 0 Å². The Hall–Kier alpha value is -0.0800. The van der Waals surface area contributed by atoms with Gasteiger partial charge in [0, 0.05) is 18.6 Å². The lowest BCUT2D eigenvalue weighted by Crippen LogP contribution is -2.56. The van der Waals surface area contributed by atoms with Gasteiger partial charge in [-0.25, -0.2) is 0 Å². The lowest BCUT2D eigenvalue weighted by Gasteiger charge is -2.52. The van der Waals surface area contributed by atoms with Crippen LogP contribution >= 0.6 is 0 Å². The fraction of sp³-hybridized carbons (Fsp3) is 1.00. The van der Waals surface area contributed by atoms with Crippen molar-refractivity contribution in [2.24, 2.45) is 5.41 Å². The Balaban J connectivity index is 2.02. The van der Waals surface area contributed by atoms with Crippen LogP contribution in [0.15, 0.2) is 0 Å². The van der Waals surface area contributed by atoms with E-state index in [1.807, 2.05) is 0 Å². The molecule has 2 heteroatoms. The molecule has 82 valence electrons. The molecular weight excluding hydrogens is 172 g/mol. The van der Waals surface area contributed by atoms with Gasteiger partial charge >= 0.3 is 0 Å². The number of likely N-dealkylation sites (tertiary alicyclic amines) is 1. The second kappa shape index (κ2) is 3.49. The Kier molecular flexibility index (Phi) is 2.61. The summed E-state index contributed by atoms with van der Waals surface area (Å²) in [5.41, 5.74) is 0.660. The van der Waals surface area contributed by atoms with Gasteiger partial charge in [0.15, 0.2) is 0 Å². The normalized spacial score (nSPS) is 38.6. The van der Waals surface area contributed by atoms with E-state index in [2.05, 4.69) is 37.7 Å². The van der Waals surface area contributed by atoms with Gasteiger partial charge in [-0.3, -0.25) is 0 Å². The van der Waals surface area contributed by atoms with Crippen LogP contribution in [0.4, 0.5) is 0 Å². The van der Waals surface area contributed by atoms with Crippen molar-refractivity contribution in [3.63, 3.8) is 0 Å². The molecule has 1 aliphatic carbocycles. The molecule has 0 N–H and O–H groups in total. The molecule has 2 atom stereocenters. The van der Waals surface area contributed by atoms with Gasteiger partial charge in [0.1, 0.15) is 0 Å². The summed E-state index contributed by atoms with van der Waals surface area (Å²) in [6.45, 7) is 7.26. The van der Waals surface area contributed by atoms with Crippen molar-refractivity contribution in [3.05, 3.63) is 0 Å². The van der Waals surface area contributed by atoms with Gasteiger partial charge in [0.05, 0.1) is 0 Å². The summed E-state index contributed by atoms with van der Waals surface area (Å²) in [6, 6.07) is 1.55. The molecule has 1 saturated carbocycles. The molecular formula is C12H24N2. The van der Waals surface area contributed by atoms with E-state index in [-0.39, 0.29) is 0 Å². The Bertz CT molecular complexity index is 214. The average molecular weight is 196 g/mol. The quantitative estimate of drug-likeness (QED) is 0.664. The third-order valence-electron chi connectivity index (χ3n) is 4.50. The molecule has 2 rings (SSSR count). The highest BCUT2D eigenvalue weighted by molar-refractivity contribution is 5.05. The summed E-state index contributed by atoms with van der Waals surface area (Å²) in [5.74, 6) is 0. The highest BCUT2D eigenvalue weighted by atomic mass is 15.2. The van der Waals surface area contributed by atoms with Crippen LogP contribution in [0.25, 0.3) is 0 Å². The Labute approximate surface area is 88.3 Å². The largest absolute Gasteiger partial charge is 0.306 e. The van der Waals surface area contributed by atoms with Crippen molar-refractivity contribution in [1.29, 1.82) is 0 Å². The van der Waals surface area contributed by atoms with E-state index in [1.165, 1.54) is 32.4 Å². The molecule has 2 fully saturated rings. The third kappa shape index (κ3) is 1.49. The summed E-state index contributed by atoms with van der Waals surface area (Å²) in [5, 5.41) is 0. The van der Waals surface area contributed by atoms with Gasteiger partial charge in [-0.05, 0) is 59.2 Å². The summed E-state index contributed by atoms with van der Waals surface area (Å²) in [4.78, 5) is 5.09. The molecule has 1 saturated heterocycles. The van der Waals surface area contributed by atoms with E-state index >= 15 is 0 Å². The molecule has 0 radical (unpaired) electrons. The number of hydrogen-bond donors (Lipinski definition) is 0. The summed E-state index contributed by atoms with van der Waals surface area (Å²) >= 11 is 0. The molecule has 2 unspecified atom stereocenters. The van der Waals surface area contributed by atoms with Crippen LogP contribution in [0.1, 0.15) is 33.1 Å². The SMILES string of the molecule is CC(C)N(C)C1CCC12CCN(C)C2. The van der Waals surface area contributed by atoms with Crippen LogP contribution in [0.2, 0.25) is 0 Å². The average Bonchev–Trinajstić information content (AvgIpc) is 2.48. The molecule has 2 nitrogen and oxygen atoms in total. The maximum atomic E-state index is 2.59. The smallest absolute Gasteiger partial charge is 0.0164 e. The van der Waals surface area contributed by atoms with Crippen LogP contribution in [-0.2, 0) is 0 Å². The van der Waals surface area contributed by atoms with Crippen molar-refractivity contribution < 1.29 is 0 Å². The maximum absolute atomic E-state index is 2.59. The summed E-state index contributed by atoms with van der Waals surface area (Å²) in [6.07, 6.45) is 4.30. The first-order valence-electron chi connectivity index (χ1n) is 5.96. The fourth-order valence-corrected chi connectivity index (χ4v) is 3.26. The standard InChI is InChI=1S/C12H24N2/c1-10(2)14(4)11-5-6-12(11)7-8-13(3)9-12/h10-11H,5-9H2,1-4H3. The molecule has 14 heavy (non-hydrogen) atoms. The van der Waals surface area contributed by atoms with Crippen LogP contribution in [0.3, 0.4) is 0 Å². The molecule has 2 aliphatic rings. The zero-order chi connectivity index (χ0) is 10.3. The number of nitrogens with zero attached hydrogens (tertiary/aromatic N) is 2. The predicted octanol–water partition coefficient (Wildman–Crippen LogP) is 1.81. The van der Waals surface area contributed by atoms with Crippen molar-refractivity contribution in [2.75, 3.05) is 27.2 Å². The van der Waals surface area contributed by atoms with Gasteiger partial charge in [-0.2, -0.15) is 0 Å². The molecule has 1 spiro atoms. The molecule has 1 aliphatic heterocycles. The molecule has 0 aromatic rings. The summed E-state index contributed by atoms with van der Waals surface area (Å²) in [7, 11) is 4.56. The minimum Gasteiger partial charge on any atom is -0.306 e. The number of rotatable bonds is 2. The minimum absolute atomic E-state index is 0.660. The second-order valence-corrected chi connectivity index (χ2v) is 5.66. The molecule has 0 aromatic heterocycles. The summed E-state index contributed by atoms with van der Waals surface area (Å²) < 4.78 is 0. The first kappa shape index (κ1) is 10.4. The monoisotopic (exact) mass is 196 g/mol. The zero-order valence-corrected chi connectivity index (χ0v) is 10.1. The maximum Gasteiger partial charge on any atom is 0.0164 e. The second-order valence-electron chi connectivity index (χ2n) is 5.66. The van der Waals surface area contributed by atoms with E-state index in [9.17, 15) is 0 Å². The van der Waals surface area contributed by atoms with Gasteiger partial charge in [0.2, 0.25) is 0 Å². The molecule has 0 bridgehead atoms. The van der Waals surface area contributed by atoms with Crippen LogP contribution in [0, 0.1) is 5.41 Å². The van der Waals surface area contributed by atoms with Gasteiger partial charge in [-0.1, -0.05) is 0 Å². The van der Waals surface area contributed by atoms with Gasteiger partial charge in [-0.15, -0.1) is 0 Å². The van der Waals surface area contributed by atoms with Crippen molar-refractivity contribution in [2.45, 2.75) is 45.2 Å². The van der Waals surface area contributed by atoms with Crippen molar-refractivity contribution >= 4 is 0 Å². The first-order valence-corrected chi connectivity index (χ1v) is 5.96. The van der Waals surface area contributed by atoms with Crippen molar-refractivity contribution in [1.82, 2.24) is 9.80 Å². The molecule has 1 heterocycles. The molecule has 0 aromatic carbocycles. The third-order valence-corrected chi connectivity index (χ3v) is 4.50. The van der Waals surface area contributed by atoms with Gasteiger partial charge in [0.25, 0.3) is 0 Å². The minimum atomic E-state index is 0.660. The van der Waals surface area contributed by atoms with Crippen molar-refractivity contribution in [3.8, 4) is 0 Å². The number of hydrogen-bond acceptors (Lipinski definition) is 2. The predicted molar refractivity (Wildman–Crippen MR) is 60.5 cm³/mol. The molecule has 0 amide bonds. The lowest BCUT2D eigenvalue weighted by molar-refractivity contribution is -0.0191. The van der Waals surface area contributed by atoms with E-state index in [0.29, 0.717) is 11.5 Å². The highest BCUT2D eigenvalue weighted by Crippen LogP contribution is 2.50. The first-order chi connectivity index (χ1) is 6.55. The van der Waals surface area contributed by atoms with E-state index in [0.717, 1.165) is 6.04 Å². The Morgan fingerprint density at radius 3 is 2.43 bits per heavy atom. The van der Waals surface area contributed by atoms with Crippen LogP contribution in [0.5, 0.6) is 0 Å². The topological polar surface area (TPSA) is 6.48 Å². The van der Waals surface area contributed by atoms with Crippen LogP contribution in [-0.4, -0.2) is 49.1 Å². The Morgan fingerprint density at radius 2 is 2.07 bits per heavy atom. The van der Waals surface area contributed by atoms with E-state index in [1.54, 1.807) is 0 Å².